The molecule has 0 aromatic heterocycles. The lowest BCUT2D eigenvalue weighted by atomic mass is 10.2. The molecule has 0 spiro atoms. The normalized spacial score (nSPS) is 12.4. The molecule has 0 aliphatic heterocycles. The molecule has 0 saturated carbocycles. The topological polar surface area (TPSA) is 17.1 Å². The Labute approximate surface area is 110 Å². The summed E-state index contributed by atoms with van der Waals surface area (Å²) < 4.78 is 25.7. The molecule has 0 amide bonds. The van der Waals surface area contributed by atoms with Crippen LogP contribution in [0.5, 0.6) is 0 Å². The van der Waals surface area contributed by atoms with E-state index in [4.69, 9.17) is 0 Å². The lowest BCUT2D eigenvalue weighted by Crippen LogP contribution is -1.94. The van der Waals surface area contributed by atoms with Crippen molar-refractivity contribution in [2.45, 2.75) is 16.7 Å². The third-order valence-electron chi connectivity index (χ3n) is 2.33. The summed E-state index contributed by atoms with van der Waals surface area (Å²) in [6.07, 6.45) is 0. The largest absolute Gasteiger partial charge is 0.249 e. The Hall–Kier alpha value is -1.000. The lowest BCUT2D eigenvalue weighted by Gasteiger charge is -2.05. The van der Waals surface area contributed by atoms with E-state index in [9.17, 15) is 8.60 Å². The Bertz CT molecular complexity index is 566. The molecule has 0 N–H and O–H groups in total. The second-order valence-electron chi connectivity index (χ2n) is 3.66. The van der Waals surface area contributed by atoms with Crippen molar-refractivity contribution in [1.29, 1.82) is 0 Å². The molecule has 0 bridgehead atoms. The summed E-state index contributed by atoms with van der Waals surface area (Å²) in [5.74, 6) is -0.346. The predicted octanol–water partition coefficient (Wildman–Crippen LogP) is 4.06. The second kappa shape index (κ2) is 5.10. The van der Waals surface area contributed by atoms with Crippen LogP contribution in [0.1, 0.15) is 5.56 Å². The fraction of sp³-hybridized carbons (Fsp3) is 0.0769. The highest BCUT2D eigenvalue weighted by molar-refractivity contribution is 9.10. The van der Waals surface area contributed by atoms with Gasteiger partial charge in [0.05, 0.1) is 15.7 Å². The van der Waals surface area contributed by atoms with Gasteiger partial charge < -0.3 is 0 Å². The monoisotopic (exact) mass is 312 g/mol. The van der Waals surface area contributed by atoms with Crippen LogP contribution in [0.15, 0.2) is 56.7 Å². The zero-order chi connectivity index (χ0) is 12.4. The molecule has 2 aromatic carbocycles. The van der Waals surface area contributed by atoms with Gasteiger partial charge in [0.25, 0.3) is 0 Å². The summed E-state index contributed by atoms with van der Waals surface area (Å²) in [4.78, 5) is 1.29. The van der Waals surface area contributed by atoms with Crippen molar-refractivity contribution in [3.63, 3.8) is 0 Å². The van der Waals surface area contributed by atoms with Gasteiger partial charge in [-0.1, -0.05) is 17.7 Å². The smallest absolute Gasteiger partial charge is 0.124 e. The Morgan fingerprint density at radius 3 is 2.35 bits per heavy atom. The number of hydrogen-bond acceptors (Lipinski definition) is 1. The quantitative estimate of drug-likeness (QED) is 0.817. The number of rotatable bonds is 2. The van der Waals surface area contributed by atoms with Gasteiger partial charge in [0, 0.05) is 9.37 Å². The van der Waals surface area contributed by atoms with Gasteiger partial charge in [-0.15, -0.1) is 0 Å². The second-order valence-corrected chi connectivity index (χ2v) is 5.96. The predicted molar refractivity (Wildman–Crippen MR) is 70.0 cm³/mol. The van der Waals surface area contributed by atoms with Gasteiger partial charge in [0.2, 0.25) is 0 Å². The average Bonchev–Trinajstić information content (AvgIpc) is 2.29. The van der Waals surface area contributed by atoms with E-state index in [1.165, 1.54) is 18.2 Å². The van der Waals surface area contributed by atoms with Gasteiger partial charge in [-0.25, -0.2) is 8.60 Å². The summed E-state index contributed by atoms with van der Waals surface area (Å²) in [7, 11) is -1.29. The molecule has 2 rings (SSSR count). The third kappa shape index (κ3) is 2.82. The van der Waals surface area contributed by atoms with E-state index in [1.54, 1.807) is 0 Å². The summed E-state index contributed by atoms with van der Waals surface area (Å²) in [6, 6.07) is 11.6. The molecule has 17 heavy (non-hydrogen) atoms. The van der Waals surface area contributed by atoms with Gasteiger partial charge in [-0.05, 0) is 53.2 Å². The van der Waals surface area contributed by atoms with Crippen molar-refractivity contribution in [3.8, 4) is 0 Å². The number of aryl methyl sites for hydroxylation is 1. The van der Waals surface area contributed by atoms with Gasteiger partial charge in [-0.2, -0.15) is 0 Å². The lowest BCUT2D eigenvalue weighted by molar-refractivity contribution is 0.625. The third-order valence-corrected chi connectivity index (χ3v) is 4.70. The highest BCUT2D eigenvalue weighted by Crippen LogP contribution is 2.25. The molecule has 1 atom stereocenters. The van der Waals surface area contributed by atoms with Crippen molar-refractivity contribution < 1.29 is 8.60 Å². The summed E-state index contributed by atoms with van der Waals surface area (Å²) in [6.45, 7) is 1.97. The fourth-order valence-corrected chi connectivity index (χ4v) is 3.27. The highest BCUT2D eigenvalue weighted by Gasteiger charge is 2.11. The molecule has 0 aliphatic rings. The van der Waals surface area contributed by atoms with Crippen LogP contribution in [0.4, 0.5) is 4.39 Å². The Kier molecular flexibility index (Phi) is 3.74. The van der Waals surface area contributed by atoms with Crippen LogP contribution in [0.3, 0.4) is 0 Å². The first-order valence-corrected chi connectivity index (χ1v) is 6.96. The minimum Gasteiger partial charge on any atom is -0.249 e. The van der Waals surface area contributed by atoms with Crippen molar-refractivity contribution >= 4 is 26.7 Å². The van der Waals surface area contributed by atoms with Crippen LogP contribution in [-0.4, -0.2) is 4.21 Å². The standard InChI is InChI=1S/C13H10BrFOS/c1-9-2-5-11(6-3-9)17(16)13-7-4-10(15)8-12(13)14/h2-8H,1H3. The Balaban J connectivity index is 2.40. The van der Waals surface area contributed by atoms with E-state index >= 15 is 0 Å². The molecule has 88 valence electrons. The number of hydrogen-bond donors (Lipinski definition) is 0. The SMILES string of the molecule is Cc1ccc(S(=O)c2ccc(F)cc2Br)cc1. The van der Waals surface area contributed by atoms with Crippen LogP contribution in [0, 0.1) is 12.7 Å². The van der Waals surface area contributed by atoms with Crippen molar-refractivity contribution in [1.82, 2.24) is 0 Å². The van der Waals surface area contributed by atoms with Crippen LogP contribution < -0.4 is 0 Å². The molecule has 0 aliphatic carbocycles. The highest BCUT2D eigenvalue weighted by atomic mass is 79.9. The van der Waals surface area contributed by atoms with Crippen LogP contribution in [0.2, 0.25) is 0 Å². The minimum absolute atomic E-state index is 0.346. The van der Waals surface area contributed by atoms with Gasteiger partial charge in [0.15, 0.2) is 0 Å². The van der Waals surface area contributed by atoms with E-state index in [-0.39, 0.29) is 5.82 Å². The van der Waals surface area contributed by atoms with Crippen molar-refractivity contribution in [2.24, 2.45) is 0 Å². The molecule has 1 unspecified atom stereocenters. The summed E-state index contributed by atoms with van der Waals surface area (Å²) in [5.41, 5.74) is 1.11. The molecular formula is C13H10BrFOS. The molecule has 2 aromatic rings. The van der Waals surface area contributed by atoms with E-state index in [1.807, 2.05) is 31.2 Å². The Morgan fingerprint density at radius 1 is 1.12 bits per heavy atom. The van der Waals surface area contributed by atoms with E-state index < -0.39 is 10.8 Å². The maximum absolute atomic E-state index is 12.9. The molecule has 4 heteroatoms. The molecule has 0 saturated heterocycles. The van der Waals surface area contributed by atoms with Crippen molar-refractivity contribution in [3.05, 3.63) is 58.3 Å². The average molecular weight is 313 g/mol. The van der Waals surface area contributed by atoms with Crippen molar-refractivity contribution in [2.75, 3.05) is 0 Å². The first kappa shape index (κ1) is 12.5. The zero-order valence-corrected chi connectivity index (χ0v) is 11.5. The maximum Gasteiger partial charge on any atom is 0.124 e. The minimum atomic E-state index is -1.29. The number of halogens is 2. The molecule has 0 fully saturated rings. The van der Waals surface area contributed by atoms with Gasteiger partial charge >= 0.3 is 0 Å². The first-order valence-electron chi connectivity index (χ1n) is 5.01. The van der Waals surface area contributed by atoms with E-state index in [2.05, 4.69) is 15.9 Å². The van der Waals surface area contributed by atoms with Crippen LogP contribution in [0.25, 0.3) is 0 Å². The molecular weight excluding hydrogens is 303 g/mol. The summed E-state index contributed by atoms with van der Waals surface area (Å²) in [5, 5.41) is 0. The van der Waals surface area contributed by atoms with Crippen LogP contribution >= 0.6 is 15.9 Å². The first-order chi connectivity index (χ1) is 8.08. The van der Waals surface area contributed by atoms with E-state index in [0.717, 1.165) is 5.56 Å². The zero-order valence-electron chi connectivity index (χ0n) is 9.11. The fourth-order valence-electron chi connectivity index (χ4n) is 1.41. The summed E-state index contributed by atoms with van der Waals surface area (Å²) >= 11 is 3.23. The molecule has 1 nitrogen and oxygen atoms in total. The molecule has 0 heterocycles. The van der Waals surface area contributed by atoms with Crippen LogP contribution in [-0.2, 0) is 10.8 Å². The van der Waals surface area contributed by atoms with Gasteiger partial charge in [0.1, 0.15) is 5.82 Å². The van der Waals surface area contributed by atoms with E-state index in [0.29, 0.717) is 14.3 Å². The van der Waals surface area contributed by atoms with Gasteiger partial charge in [-0.3, -0.25) is 0 Å². The Morgan fingerprint density at radius 2 is 1.76 bits per heavy atom. The number of benzene rings is 2. The molecule has 0 radical (unpaired) electrons. The maximum atomic E-state index is 12.9.